The van der Waals surface area contributed by atoms with Crippen LogP contribution in [0.1, 0.15) is 13.3 Å². The van der Waals surface area contributed by atoms with Crippen molar-refractivity contribution in [2.24, 2.45) is 0 Å². The molecular formula is C6H12O3. The second-order valence-electron chi connectivity index (χ2n) is 1.91. The van der Waals surface area contributed by atoms with E-state index < -0.39 is 6.10 Å². The lowest BCUT2D eigenvalue weighted by atomic mass is 10.2. The summed E-state index contributed by atoms with van der Waals surface area (Å²) in [6.45, 7) is 1.79. The molecule has 9 heavy (non-hydrogen) atoms. The van der Waals surface area contributed by atoms with E-state index in [0.717, 1.165) is 0 Å². The Balaban J connectivity index is 3.27. The zero-order valence-corrected chi connectivity index (χ0v) is 5.76. The molecule has 0 amide bonds. The quantitative estimate of drug-likeness (QED) is 0.584. The first-order chi connectivity index (χ1) is 4.18. The van der Waals surface area contributed by atoms with E-state index in [1.807, 2.05) is 0 Å². The number of carbonyl (C=O) groups excluding carboxylic acids is 1. The maximum atomic E-state index is 10.3. The summed E-state index contributed by atoms with van der Waals surface area (Å²) in [5.74, 6) is -0.202. The number of ether oxygens (including phenoxy) is 1. The molecule has 0 aliphatic rings. The van der Waals surface area contributed by atoms with Crippen molar-refractivity contribution in [2.45, 2.75) is 19.4 Å². The average Bonchev–Trinajstić information content (AvgIpc) is 1.82. The fourth-order valence-electron chi connectivity index (χ4n) is 0.433. The van der Waals surface area contributed by atoms with Crippen LogP contribution >= 0.6 is 0 Å². The molecule has 0 aliphatic heterocycles. The number of methoxy groups -OCH3 is 1. The fourth-order valence-corrected chi connectivity index (χ4v) is 0.433. The summed E-state index contributed by atoms with van der Waals surface area (Å²) < 4.78 is 4.65. The van der Waals surface area contributed by atoms with Crippen LogP contribution in [-0.4, -0.2) is 30.7 Å². The van der Waals surface area contributed by atoms with Gasteiger partial charge in [0.1, 0.15) is 6.10 Å². The summed E-state index contributed by atoms with van der Waals surface area (Å²) in [6, 6.07) is 0. The molecule has 0 fully saturated rings. The third-order valence-electron chi connectivity index (χ3n) is 1.06. The van der Waals surface area contributed by atoms with E-state index in [-0.39, 0.29) is 5.78 Å². The van der Waals surface area contributed by atoms with E-state index in [1.54, 1.807) is 0 Å². The normalized spacial score (nSPS) is 13.2. The molecule has 0 radical (unpaired) electrons. The van der Waals surface area contributed by atoms with Crippen molar-refractivity contribution in [3.63, 3.8) is 0 Å². The summed E-state index contributed by atoms with van der Waals surface area (Å²) >= 11 is 0. The molecule has 3 heteroatoms. The molecule has 54 valence electrons. The Morgan fingerprint density at radius 1 is 1.78 bits per heavy atom. The molecule has 0 bridgehead atoms. The van der Waals surface area contributed by atoms with Crippen molar-refractivity contribution in [1.82, 2.24) is 0 Å². The first-order valence-electron chi connectivity index (χ1n) is 2.86. The molecule has 1 N–H and O–H groups in total. The van der Waals surface area contributed by atoms with Gasteiger partial charge in [-0.3, -0.25) is 4.79 Å². The highest BCUT2D eigenvalue weighted by Gasteiger charge is 2.07. The monoisotopic (exact) mass is 132 g/mol. The van der Waals surface area contributed by atoms with Crippen LogP contribution in [0.4, 0.5) is 0 Å². The smallest absolute Gasteiger partial charge is 0.158 e. The molecule has 3 nitrogen and oxygen atoms in total. The van der Waals surface area contributed by atoms with Crippen LogP contribution in [0.3, 0.4) is 0 Å². The number of hydrogen-bond acceptors (Lipinski definition) is 3. The molecular weight excluding hydrogens is 120 g/mol. The van der Waals surface area contributed by atoms with E-state index >= 15 is 0 Å². The number of aliphatic hydroxyl groups excluding tert-OH is 1. The molecule has 0 aromatic rings. The fraction of sp³-hybridized carbons (Fsp3) is 0.833. The van der Waals surface area contributed by atoms with E-state index in [0.29, 0.717) is 13.0 Å². The third kappa shape index (κ3) is 4.12. The maximum absolute atomic E-state index is 10.3. The van der Waals surface area contributed by atoms with E-state index in [2.05, 4.69) is 4.74 Å². The molecule has 0 aromatic heterocycles. The van der Waals surface area contributed by atoms with Gasteiger partial charge in [0.25, 0.3) is 0 Å². The number of ketones is 1. The van der Waals surface area contributed by atoms with Crippen LogP contribution in [0.2, 0.25) is 0 Å². The van der Waals surface area contributed by atoms with Crippen molar-refractivity contribution in [2.75, 3.05) is 13.7 Å². The molecule has 0 heterocycles. The number of hydrogen-bond donors (Lipinski definition) is 1. The summed E-state index contributed by atoms with van der Waals surface area (Å²) in [5.41, 5.74) is 0. The van der Waals surface area contributed by atoms with Crippen LogP contribution in [0.25, 0.3) is 0 Å². The van der Waals surface area contributed by atoms with E-state index in [4.69, 9.17) is 5.11 Å². The zero-order valence-electron chi connectivity index (χ0n) is 5.76. The van der Waals surface area contributed by atoms with E-state index in [9.17, 15) is 4.79 Å². The second kappa shape index (κ2) is 4.47. The highest BCUT2D eigenvalue weighted by Crippen LogP contribution is 1.91. The Morgan fingerprint density at radius 3 is 2.67 bits per heavy atom. The molecule has 1 unspecified atom stereocenters. The van der Waals surface area contributed by atoms with Crippen LogP contribution in [0.15, 0.2) is 0 Å². The molecule has 0 rings (SSSR count). The first-order valence-corrected chi connectivity index (χ1v) is 2.86. The van der Waals surface area contributed by atoms with E-state index in [1.165, 1.54) is 14.0 Å². The number of Topliss-reactive ketones (excluding diaryl/α,β-unsaturated/α-hetero) is 1. The van der Waals surface area contributed by atoms with Gasteiger partial charge in [0.2, 0.25) is 0 Å². The lowest BCUT2D eigenvalue weighted by molar-refractivity contribution is -0.125. The Hall–Kier alpha value is -0.410. The molecule has 0 aromatic carbocycles. The first kappa shape index (κ1) is 8.59. The lowest BCUT2D eigenvalue weighted by Gasteiger charge is -2.03. The highest BCUT2D eigenvalue weighted by molar-refractivity contribution is 5.79. The van der Waals surface area contributed by atoms with Gasteiger partial charge in [0.15, 0.2) is 5.78 Å². The summed E-state index contributed by atoms with van der Waals surface area (Å²) in [5, 5.41) is 8.83. The zero-order chi connectivity index (χ0) is 7.28. The third-order valence-corrected chi connectivity index (χ3v) is 1.06. The van der Waals surface area contributed by atoms with Gasteiger partial charge in [0.05, 0.1) is 0 Å². The summed E-state index contributed by atoms with van der Waals surface area (Å²) in [4.78, 5) is 10.3. The Kier molecular flexibility index (Phi) is 4.26. The Bertz CT molecular complexity index is 90.3. The second-order valence-corrected chi connectivity index (χ2v) is 1.91. The molecule has 1 atom stereocenters. The van der Waals surface area contributed by atoms with Gasteiger partial charge in [-0.15, -0.1) is 0 Å². The number of rotatable bonds is 4. The van der Waals surface area contributed by atoms with Gasteiger partial charge < -0.3 is 9.84 Å². The minimum Gasteiger partial charge on any atom is -0.385 e. The van der Waals surface area contributed by atoms with Crippen LogP contribution < -0.4 is 0 Å². The topological polar surface area (TPSA) is 46.5 Å². The predicted molar refractivity (Wildman–Crippen MR) is 33.2 cm³/mol. The minimum absolute atomic E-state index is 0.202. The van der Waals surface area contributed by atoms with Crippen molar-refractivity contribution in [3.05, 3.63) is 0 Å². The largest absolute Gasteiger partial charge is 0.385 e. The minimum atomic E-state index is -0.843. The molecule has 0 spiro atoms. The van der Waals surface area contributed by atoms with Gasteiger partial charge in [0, 0.05) is 20.1 Å². The summed E-state index contributed by atoms with van der Waals surface area (Å²) in [7, 11) is 1.53. The SMILES string of the molecule is COCCC(O)C(C)=O. The van der Waals surface area contributed by atoms with Crippen molar-refractivity contribution >= 4 is 5.78 Å². The van der Waals surface area contributed by atoms with Crippen LogP contribution in [0, 0.1) is 0 Å². The van der Waals surface area contributed by atoms with Crippen molar-refractivity contribution in [1.29, 1.82) is 0 Å². The van der Waals surface area contributed by atoms with Crippen LogP contribution in [0.5, 0.6) is 0 Å². The van der Waals surface area contributed by atoms with Gasteiger partial charge in [-0.25, -0.2) is 0 Å². The van der Waals surface area contributed by atoms with Gasteiger partial charge in [-0.05, 0) is 6.92 Å². The highest BCUT2D eigenvalue weighted by atomic mass is 16.5. The van der Waals surface area contributed by atoms with Crippen LogP contribution in [-0.2, 0) is 9.53 Å². The molecule has 0 aliphatic carbocycles. The molecule has 0 saturated carbocycles. The van der Waals surface area contributed by atoms with Gasteiger partial charge >= 0.3 is 0 Å². The predicted octanol–water partition coefficient (Wildman–Crippen LogP) is -0.0272. The van der Waals surface area contributed by atoms with Crippen molar-refractivity contribution in [3.8, 4) is 0 Å². The Morgan fingerprint density at radius 2 is 2.33 bits per heavy atom. The standard InChI is InChI=1S/C6H12O3/c1-5(7)6(8)3-4-9-2/h6,8H,3-4H2,1-2H3. The van der Waals surface area contributed by atoms with Gasteiger partial charge in [-0.1, -0.05) is 0 Å². The Labute approximate surface area is 54.6 Å². The lowest BCUT2D eigenvalue weighted by Crippen LogP contribution is -2.18. The maximum Gasteiger partial charge on any atom is 0.158 e. The van der Waals surface area contributed by atoms with Crippen molar-refractivity contribution < 1.29 is 14.6 Å². The number of aliphatic hydroxyl groups is 1. The average molecular weight is 132 g/mol. The van der Waals surface area contributed by atoms with Gasteiger partial charge in [-0.2, -0.15) is 0 Å². The summed E-state index contributed by atoms with van der Waals surface area (Å²) in [6.07, 6.45) is -0.448. The molecule has 0 saturated heterocycles. The number of carbonyl (C=O) groups is 1.